The monoisotopic (exact) mass is 216 g/mol. The second kappa shape index (κ2) is 4.72. The molecule has 5 heteroatoms. The summed E-state index contributed by atoms with van der Waals surface area (Å²) >= 11 is 0. The van der Waals surface area contributed by atoms with Crippen LogP contribution in [0.1, 0.15) is 13.3 Å². The van der Waals surface area contributed by atoms with Gasteiger partial charge in [-0.2, -0.15) is 0 Å². The van der Waals surface area contributed by atoms with Crippen molar-refractivity contribution < 1.29 is 23.4 Å². The zero-order valence-corrected chi connectivity index (χ0v) is 8.04. The molecule has 1 N–H and O–H groups in total. The number of carboxylic acid groups (broad SMARTS) is 1. The molecule has 1 aromatic carbocycles. The van der Waals surface area contributed by atoms with Crippen molar-refractivity contribution in [3.05, 3.63) is 29.8 Å². The molecule has 0 bridgehead atoms. The van der Waals surface area contributed by atoms with E-state index in [0.717, 1.165) is 12.1 Å². The highest BCUT2D eigenvalue weighted by atomic mass is 19.2. The molecule has 0 aliphatic heterocycles. The maximum Gasteiger partial charge on any atom is 0.307 e. The molecule has 1 unspecified atom stereocenters. The third kappa shape index (κ3) is 3.53. The molecular weight excluding hydrogens is 206 g/mol. The first-order valence-electron chi connectivity index (χ1n) is 4.32. The standard InChI is InChI=1S/C10H10F2O3/c1-6(4-10(13)14)15-7-2-3-8(11)9(12)5-7/h2-3,5-6H,4H2,1H3,(H,13,14). The fraction of sp³-hybridized carbons (Fsp3) is 0.300. The van der Waals surface area contributed by atoms with Crippen LogP contribution < -0.4 is 4.74 Å². The number of aliphatic carboxylic acids is 1. The summed E-state index contributed by atoms with van der Waals surface area (Å²) in [7, 11) is 0. The van der Waals surface area contributed by atoms with Crippen LogP contribution in [0, 0.1) is 11.6 Å². The summed E-state index contributed by atoms with van der Waals surface area (Å²) < 4.78 is 30.3. The SMILES string of the molecule is CC(CC(=O)O)Oc1ccc(F)c(F)c1. The van der Waals surface area contributed by atoms with Crippen LogP contribution in [-0.2, 0) is 4.79 Å². The minimum Gasteiger partial charge on any atom is -0.490 e. The fourth-order valence-electron chi connectivity index (χ4n) is 1.07. The third-order valence-electron chi connectivity index (χ3n) is 1.69. The number of hydrogen-bond donors (Lipinski definition) is 1. The molecule has 0 heterocycles. The average molecular weight is 216 g/mol. The van der Waals surface area contributed by atoms with E-state index in [-0.39, 0.29) is 12.2 Å². The first-order valence-corrected chi connectivity index (χ1v) is 4.32. The van der Waals surface area contributed by atoms with E-state index in [2.05, 4.69) is 0 Å². The third-order valence-corrected chi connectivity index (χ3v) is 1.69. The van der Waals surface area contributed by atoms with E-state index < -0.39 is 23.7 Å². The summed E-state index contributed by atoms with van der Waals surface area (Å²) in [6.45, 7) is 1.54. The lowest BCUT2D eigenvalue weighted by Gasteiger charge is -2.12. The van der Waals surface area contributed by atoms with Gasteiger partial charge in [-0.05, 0) is 19.1 Å². The second-order valence-electron chi connectivity index (χ2n) is 3.10. The van der Waals surface area contributed by atoms with Crippen LogP contribution in [0.5, 0.6) is 5.75 Å². The Kier molecular flexibility index (Phi) is 3.60. The summed E-state index contributed by atoms with van der Waals surface area (Å²) in [5.41, 5.74) is 0. The lowest BCUT2D eigenvalue weighted by Crippen LogP contribution is -2.16. The molecule has 0 saturated carbocycles. The summed E-state index contributed by atoms with van der Waals surface area (Å²) in [4.78, 5) is 10.3. The van der Waals surface area contributed by atoms with E-state index in [1.807, 2.05) is 0 Å². The molecule has 0 aromatic heterocycles. The molecule has 0 amide bonds. The molecular formula is C10H10F2O3. The minimum absolute atomic E-state index is 0.114. The Bertz CT molecular complexity index is 366. The minimum atomic E-state index is -1.02. The molecule has 0 aliphatic carbocycles. The van der Waals surface area contributed by atoms with Crippen molar-refractivity contribution in [2.45, 2.75) is 19.4 Å². The quantitative estimate of drug-likeness (QED) is 0.839. The molecule has 0 radical (unpaired) electrons. The van der Waals surface area contributed by atoms with Crippen molar-refractivity contribution in [1.29, 1.82) is 0 Å². The highest BCUT2D eigenvalue weighted by Crippen LogP contribution is 2.17. The van der Waals surface area contributed by atoms with Gasteiger partial charge in [0.2, 0.25) is 0 Å². The number of halogens is 2. The highest BCUT2D eigenvalue weighted by molar-refractivity contribution is 5.67. The normalized spacial score (nSPS) is 12.2. The smallest absolute Gasteiger partial charge is 0.307 e. The van der Waals surface area contributed by atoms with Crippen molar-refractivity contribution >= 4 is 5.97 Å². The van der Waals surface area contributed by atoms with Crippen LogP contribution in [0.3, 0.4) is 0 Å². The van der Waals surface area contributed by atoms with E-state index in [1.54, 1.807) is 0 Å². The fourth-order valence-corrected chi connectivity index (χ4v) is 1.07. The van der Waals surface area contributed by atoms with Crippen LogP contribution in [0.2, 0.25) is 0 Å². The molecule has 1 atom stereocenters. The van der Waals surface area contributed by atoms with Gasteiger partial charge < -0.3 is 9.84 Å². The van der Waals surface area contributed by atoms with Crippen LogP contribution in [0.15, 0.2) is 18.2 Å². The predicted octanol–water partition coefficient (Wildman–Crippen LogP) is 2.21. The Hall–Kier alpha value is -1.65. The number of rotatable bonds is 4. The van der Waals surface area contributed by atoms with Crippen LogP contribution >= 0.6 is 0 Å². The van der Waals surface area contributed by atoms with Crippen LogP contribution in [-0.4, -0.2) is 17.2 Å². The first kappa shape index (κ1) is 11.4. The van der Waals surface area contributed by atoms with Gasteiger partial charge >= 0.3 is 5.97 Å². The Labute approximate surface area is 85.3 Å². The largest absolute Gasteiger partial charge is 0.490 e. The van der Waals surface area contributed by atoms with Crippen molar-refractivity contribution in [2.24, 2.45) is 0 Å². The molecule has 0 saturated heterocycles. The maximum absolute atomic E-state index is 12.7. The number of carbonyl (C=O) groups is 1. The average Bonchev–Trinajstić information content (AvgIpc) is 2.10. The number of benzene rings is 1. The molecule has 0 spiro atoms. The van der Waals surface area contributed by atoms with Gasteiger partial charge in [-0.3, -0.25) is 4.79 Å². The molecule has 15 heavy (non-hydrogen) atoms. The molecule has 82 valence electrons. The van der Waals surface area contributed by atoms with Gasteiger partial charge in [0.05, 0.1) is 6.42 Å². The Balaban J connectivity index is 2.64. The first-order chi connectivity index (χ1) is 6.99. The van der Waals surface area contributed by atoms with Gasteiger partial charge in [0.1, 0.15) is 11.9 Å². The number of hydrogen-bond acceptors (Lipinski definition) is 2. The van der Waals surface area contributed by atoms with Crippen molar-refractivity contribution in [3.63, 3.8) is 0 Å². The van der Waals surface area contributed by atoms with E-state index in [4.69, 9.17) is 9.84 Å². The topological polar surface area (TPSA) is 46.5 Å². The maximum atomic E-state index is 12.7. The lowest BCUT2D eigenvalue weighted by molar-refractivity contribution is -0.138. The van der Waals surface area contributed by atoms with Gasteiger partial charge in [0, 0.05) is 6.07 Å². The van der Waals surface area contributed by atoms with E-state index >= 15 is 0 Å². The molecule has 1 rings (SSSR count). The van der Waals surface area contributed by atoms with Gasteiger partial charge in [0.15, 0.2) is 11.6 Å². The van der Waals surface area contributed by atoms with Gasteiger partial charge in [-0.15, -0.1) is 0 Å². The zero-order chi connectivity index (χ0) is 11.4. The van der Waals surface area contributed by atoms with Gasteiger partial charge in [-0.25, -0.2) is 8.78 Å². The number of carboxylic acids is 1. The highest BCUT2D eigenvalue weighted by Gasteiger charge is 2.10. The molecule has 0 aliphatic rings. The van der Waals surface area contributed by atoms with Crippen molar-refractivity contribution in [2.75, 3.05) is 0 Å². The van der Waals surface area contributed by atoms with Gasteiger partial charge in [0.25, 0.3) is 0 Å². The summed E-state index contributed by atoms with van der Waals surface area (Å²) in [6.07, 6.45) is -0.786. The van der Waals surface area contributed by atoms with Crippen molar-refractivity contribution in [3.8, 4) is 5.75 Å². The van der Waals surface area contributed by atoms with E-state index in [0.29, 0.717) is 0 Å². The molecule has 0 fully saturated rings. The molecule has 3 nitrogen and oxygen atoms in total. The predicted molar refractivity (Wildman–Crippen MR) is 48.7 cm³/mol. The van der Waals surface area contributed by atoms with Gasteiger partial charge in [-0.1, -0.05) is 0 Å². The van der Waals surface area contributed by atoms with Crippen LogP contribution in [0.4, 0.5) is 8.78 Å². The van der Waals surface area contributed by atoms with E-state index in [1.165, 1.54) is 13.0 Å². The summed E-state index contributed by atoms with van der Waals surface area (Å²) in [5.74, 6) is -2.88. The Morgan fingerprint density at radius 1 is 1.47 bits per heavy atom. The zero-order valence-electron chi connectivity index (χ0n) is 8.04. The lowest BCUT2D eigenvalue weighted by atomic mass is 10.2. The summed E-state index contributed by atoms with van der Waals surface area (Å²) in [5, 5.41) is 8.45. The van der Waals surface area contributed by atoms with E-state index in [9.17, 15) is 13.6 Å². The summed E-state index contributed by atoms with van der Waals surface area (Å²) in [6, 6.07) is 3.06. The molecule has 1 aromatic rings. The Morgan fingerprint density at radius 2 is 2.13 bits per heavy atom. The Morgan fingerprint density at radius 3 is 2.67 bits per heavy atom. The van der Waals surface area contributed by atoms with Crippen molar-refractivity contribution in [1.82, 2.24) is 0 Å². The van der Waals surface area contributed by atoms with Crippen LogP contribution in [0.25, 0.3) is 0 Å². The number of ether oxygens (including phenoxy) is 1. The second-order valence-corrected chi connectivity index (χ2v) is 3.10.